The Morgan fingerprint density at radius 3 is 2.88 bits per heavy atom. The summed E-state index contributed by atoms with van der Waals surface area (Å²) in [5, 5.41) is 5.50. The molecule has 2 N–H and O–H groups in total. The number of rotatable bonds is 6. The molecule has 2 atom stereocenters. The van der Waals surface area contributed by atoms with Gasteiger partial charge in [-0.1, -0.05) is 41.4 Å². The van der Waals surface area contributed by atoms with E-state index in [0.29, 0.717) is 30.8 Å². The molecule has 0 spiro atoms. The lowest BCUT2D eigenvalue weighted by Crippen LogP contribution is -2.10. The summed E-state index contributed by atoms with van der Waals surface area (Å²) in [5.74, 6) is -1.31. The number of amides is 1. The molecule has 7 heteroatoms. The van der Waals surface area contributed by atoms with E-state index in [4.69, 9.17) is 23.2 Å². The molecule has 2 rings (SSSR count). The van der Waals surface area contributed by atoms with Gasteiger partial charge in [0.15, 0.2) is 0 Å². The Morgan fingerprint density at radius 2 is 2.16 bits per heavy atom. The minimum absolute atomic E-state index is 0.0736. The molecule has 1 saturated heterocycles. The van der Waals surface area contributed by atoms with Crippen LogP contribution in [0.5, 0.6) is 0 Å². The lowest BCUT2D eigenvalue weighted by Gasteiger charge is -2.17. The van der Waals surface area contributed by atoms with E-state index in [1.54, 1.807) is 25.1 Å². The third-order valence-corrected chi connectivity index (χ3v) is 4.57. The number of hydrogen-bond donors (Lipinski definition) is 2. The first-order chi connectivity index (χ1) is 11.9. The maximum absolute atomic E-state index is 14.2. The zero-order valence-electron chi connectivity index (χ0n) is 13.5. The van der Waals surface area contributed by atoms with Crippen molar-refractivity contribution in [2.45, 2.75) is 12.8 Å². The van der Waals surface area contributed by atoms with Crippen LogP contribution in [0.2, 0.25) is 5.02 Å². The molecule has 3 nitrogen and oxygen atoms in total. The molecule has 134 valence electrons. The van der Waals surface area contributed by atoms with Gasteiger partial charge in [-0.25, -0.2) is 8.78 Å². The lowest BCUT2D eigenvalue weighted by atomic mass is 9.88. The fraction of sp³-hybridized carbons (Fsp3) is 0.278. The van der Waals surface area contributed by atoms with Gasteiger partial charge in [0.25, 0.3) is 0 Å². The van der Waals surface area contributed by atoms with Crippen LogP contribution in [0, 0.1) is 11.7 Å². The first-order valence-electron chi connectivity index (χ1n) is 7.70. The van der Waals surface area contributed by atoms with Crippen LogP contribution in [0.1, 0.15) is 18.4 Å². The highest BCUT2D eigenvalue weighted by atomic mass is 35.5. The van der Waals surface area contributed by atoms with Crippen LogP contribution in [0.3, 0.4) is 0 Å². The second kappa shape index (κ2) is 9.13. The molecule has 0 unspecified atom stereocenters. The molecular weight excluding hydrogens is 369 g/mol. The molecule has 0 aliphatic carbocycles. The smallest absolute Gasteiger partial charge is 0.211 e. The zero-order valence-corrected chi connectivity index (χ0v) is 15.0. The van der Waals surface area contributed by atoms with Crippen LogP contribution >= 0.6 is 23.2 Å². The largest absolute Gasteiger partial charge is 0.333 e. The standard InChI is InChI=1S/C18H18Cl2F2N2O/c1-11(24-10-25)7-16(20)17(21)6-5-12-8-23-9-14(12)13-3-2-4-15(19)18(13)22/h2-7,10,12,14,23H,8-9H2,1H3,(H,24,25)/b6-5+,11-7+,17-16-/t12-,14+/m1/s1. The van der Waals surface area contributed by atoms with Crippen molar-refractivity contribution in [2.24, 2.45) is 5.92 Å². The Bertz CT molecular complexity index is 732. The summed E-state index contributed by atoms with van der Waals surface area (Å²) < 4.78 is 28.3. The van der Waals surface area contributed by atoms with Crippen LogP contribution < -0.4 is 10.6 Å². The Balaban J connectivity index is 2.18. The molecule has 0 saturated carbocycles. The van der Waals surface area contributed by atoms with Gasteiger partial charge in [-0.2, -0.15) is 0 Å². The molecular formula is C18H18Cl2F2N2O. The second-order valence-electron chi connectivity index (χ2n) is 5.72. The third-order valence-electron chi connectivity index (χ3n) is 3.99. The Kier molecular flexibility index (Phi) is 7.17. The van der Waals surface area contributed by atoms with Gasteiger partial charge < -0.3 is 10.6 Å². The number of allylic oxidation sites excluding steroid dienone is 5. The molecule has 1 heterocycles. The molecule has 1 aromatic carbocycles. The van der Waals surface area contributed by atoms with Crippen molar-refractivity contribution in [3.05, 3.63) is 69.4 Å². The van der Waals surface area contributed by atoms with Gasteiger partial charge in [-0.3, -0.25) is 4.79 Å². The van der Waals surface area contributed by atoms with E-state index < -0.39 is 11.6 Å². The van der Waals surface area contributed by atoms with Crippen molar-refractivity contribution in [3.63, 3.8) is 0 Å². The van der Waals surface area contributed by atoms with Crippen LogP contribution in [-0.4, -0.2) is 19.5 Å². The SMILES string of the molecule is C\C(=C/C(Cl)=C(F)\C=C\[C@@H]1CNC[C@@H]1c1cccc(Cl)c1F)NC=O. The van der Waals surface area contributed by atoms with Gasteiger partial charge in [-0.15, -0.1) is 0 Å². The van der Waals surface area contributed by atoms with Gasteiger partial charge in [0.1, 0.15) is 11.6 Å². The highest BCUT2D eigenvalue weighted by Crippen LogP contribution is 2.33. The van der Waals surface area contributed by atoms with E-state index in [1.165, 1.54) is 18.2 Å². The van der Waals surface area contributed by atoms with E-state index in [0.717, 1.165) is 0 Å². The third kappa shape index (κ3) is 5.14. The summed E-state index contributed by atoms with van der Waals surface area (Å²) in [5.41, 5.74) is 0.929. The quantitative estimate of drug-likeness (QED) is 0.561. The molecule has 0 radical (unpaired) electrons. The summed E-state index contributed by atoms with van der Waals surface area (Å²) in [6, 6.07) is 4.89. The fourth-order valence-corrected chi connectivity index (χ4v) is 3.14. The summed E-state index contributed by atoms with van der Waals surface area (Å²) in [7, 11) is 0. The van der Waals surface area contributed by atoms with E-state index in [2.05, 4.69) is 10.6 Å². The summed E-state index contributed by atoms with van der Waals surface area (Å²) in [4.78, 5) is 10.3. The zero-order chi connectivity index (χ0) is 18.4. The predicted molar refractivity (Wildman–Crippen MR) is 96.6 cm³/mol. The summed E-state index contributed by atoms with van der Waals surface area (Å²) in [6.45, 7) is 2.76. The maximum atomic E-state index is 14.2. The molecule has 1 amide bonds. The summed E-state index contributed by atoms with van der Waals surface area (Å²) >= 11 is 11.7. The van der Waals surface area contributed by atoms with Crippen LogP contribution in [0.25, 0.3) is 0 Å². The molecule has 25 heavy (non-hydrogen) atoms. The minimum atomic E-state index is -0.633. The Hall–Kier alpha value is -1.69. The topological polar surface area (TPSA) is 41.1 Å². The van der Waals surface area contributed by atoms with Gasteiger partial charge in [0.2, 0.25) is 6.41 Å². The number of carbonyl (C=O) groups is 1. The molecule has 1 aliphatic rings. The van der Waals surface area contributed by atoms with Crippen molar-refractivity contribution < 1.29 is 13.6 Å². The van der Waals surface area contributed by atoms with Gasteiger partial charge in [0, 0.05) is 24.7 Å². The number of carbonyl (C=O) groups excluding carboxylic acids is 1. The predicted octanol–water partition coefficient (Wildman–Crippen LogP) is 4.41. The van der Waals surface area contributed by atoms with Crippen molar-refractivity contribution in [3.8, 4) is 0 Å². The van der Waals surface area contributed by atoms with Crippen molar-refractivity contribution in [2.75, 3.05) is 13.1 Å². The Labute approximate surface area is 155 Å². The molecule has 1 aliphatic heterocycles. The first-order valence-corrected chi connectivity index (χ1v) is 8.46. The Morgan fingerprint density at radius 1 is 1.40 bits per heavy atom. The first kappa shape index (κ1) is 19.6. The van der Waals surface area contributed by atoms with E-state index >= 15 is 0 Å². The number of halogens is 4. The van der Waals surface area contributed by atoms with E-state index in [-0.39, 0.29) is 21.9 Å². The average molecular weight is 387 g/mol. The van der Waals surface area contributed by atoms with Gasteiger partial charge >= 0.3 is 0 Å². The number of hydrogen-bond acceptors (Lipinski definition) is 2. The molecule has 1 fully saturated rings. The van der Waals surface area contributed by atoms with E-state index in [9.17, 15) is 13.6 Å². The maximum Gasteiger partial charge on any atom is 0.211 e. The second-order valence-corrected chi connectivity index (χ2v) is 6.53. The van der Waals surface area contributed by atoms with Crippen LogP contribution in [-0.2, 0) is 4.79 Å². The lowest BCUT2D eigenvalue weighted by molar-refractivity contribution is -0.108. The monoisotopic (exact) mass is 386 g/mol. The van der Waals surface area contributed by atoms with Crippen molar-refractivity contribution >= 4 is 29.6 Å². The molecule has 0 bridgehead atoms. The summed E-state index contributed by atoms with van der Waals surface area (Å²) in [6.07, 6.45) is 4.73. The minimum Gasteiger partial charge on any atom is -0.333 e. The highest BCUT2D eigenvalue weighted by Gasteiger charge is 2.29. The molecule has 1 aromatic rings. The van der Waals surface area contributed by atoms with E-state index in [1.807, 2.05) is 0 Å². The van der Waals surface area contributed by atoms with Crippen LogP contribution in [0.4, 0.5) is 8.78 Å². The fourth-order valence-electron chi connectivity index (χ4n) is 2.73. The highest BCUT2D eigenvalue weighted by molar-refractivity contribution is 6.31. The van der Waals surface area contributed by atoms with Crippen molar-refractivity contribution in [1.29, 1.82) is 0 Å². The normalized spacial score (nSPS) is 22.2. The van der Waals surface area contributed by atoms with Gasteiger partial charge in [-0.05, 0) is 36.6 Å². The number of nitrogens with one attached hydrogen (secondary N) is 2. The molecule has 0 aromatic heterocycles. The van der Waals surface area contributed by atoms with Gasteiger partial charge in [0.05, 0.1) is 10.1 Å². The van der Waals surface area contributed by atoms with Crippen LogP contribution in [0.15, 0.2) is 53.0 Å². The number of benzene rings is 1. The average Bonchev–Trinajstić information content (AvgIpc) is 3.03. The van der Waals surface area contributed by atoms with Crippen molar-refractivity contribution in [1.82, 2.24) is 10.6 Å².